The van der Waals surface area contributed by atoms with Gasteiger partial charge in [0, 0.05) is 27.8 Å². The number of rotatable bonds is 7. The molecular formula is C22H27NO2S. The number of hydrogen-bond acceptors (Lipinski definition) is 3. The van der Waals surface area contributed by atoms with Crippen molar-refractivity contribution in [1.82, 2.24) is 5.32 Å². The van der Waals surface area contributed by atoms with Crippen LogP contribution in [0.4, 0.5) is 0 Å². The molecule has 2 aromatic rings. The number of carbonyl (C=O) groups excluding carboxylic acids is 1. The highest BCUT2D eigenvalue weighted by Gasteiger charge is 2.18. The molecule has 2 aromatic carbocycles. The van der Waals surface area contributed by atoms with Gasteiger partial charge in [-0.2, -0.15) is 0 Å². The number of hydrogen-bond donors (Lipinski definition) is 1. The molecule has 0 aliphatic heterocycles. The molecule has 1 aliphatic rings. The molecule has 1 N–H and O–H groups in total. The first kappa shape index (κ1) is 18.8. The van der Waals surface area contributed by atoms with E-state index in [0.717, 1.165) is 35.5 Å². The number of benzene rings is 2. The molecule has 1 aliphatic carbocycles. The summed E-state index contributed by atoms with van der Waals surface area (Å²) >= 11 is 1.76. The predicted molar refractivity (Wildman–Crippen MR) is 108 cm³/mol. The lowest BCUT2D eigenvalue weighted by Gasteiger charge is -2.15. The van der Waals surface area contributed by atoms with E-state index in [9.17, 15) is 4.79 Å². The molecule has 26 heavy (non-hydrogen) atoms. The Hall–Kier alpha value is -1.94. The van der Waals surface area contributed by atoms with Gasteiger partial charge < -0.3 is 10.1 Å². The van der Waals surface area contributed by atoms with Crippen LogP contribution in [0, 0.1) is 6.92 Å². The van der Waals surface area contributed by atoms with Crippen LogP contribution in [0.25, 0.3) is 0 Å². The van der Waals surface area contributed by atoms with Gasteiger partial charge in [0.15, 0.2) is 0 Å². The van der Waals surface area contributed by atoms with Gasteiger partial charge in [-0.25, -0.2) is 0 Å². The first-order chi connectivity index (χ1) is 12.7. The molecular weight excluding hydrogens is 342 g/mol. The van der Waals surface area contributed by atoms with Gasteiger partial charge in [-0.15, -0.1) is 11.8 Å². The monoisotopic (exact) mass is 369 g/mol. The second-order valence-electron chi connectivity index (χ2n) is 6.81. The molecule has 0 spiro atoms. The maximum Gasteiger partial charge on any atom is 0.251 e. The van der Waals surface area contributed by atoms with Crippen LogP contribution in [-0.2, 0) is 5.75 Å². The molecule has 3 nitrogen and oxygen atoms in total. The summed E-state index contributed by atoms with van der Waals surface area (Å²) in [4.78, 5) is 13.8. The highest BCUT2D eigenvalue weighted by molar-refractivity contribution is 7.98. The molecule has 0 bridgehead atoms. The fraction of sp³-hybridized carbons (Fsp3) is 0.409. The van der Waals surface area contributed by atoms with Gasteiger partial charge in [0.2, 0.25) is 0 Å². The molecule has 0 heterocycles. The van der Waals surface area contributed by atoms with Crippen molar-refractivity contribution >= 4 is 17.7 Å². The minimum atomic E-state index is 0.0292. The Morgan fingerprint density at radius 2 is 1.88 bits per heavy atom. The smallest absolute Gasteiger partial charge is 0.251 e. The van der Waals surface area contributed by atoms with Crippen LogP contribution in [0.2, 0.25) is 0 Å². The van der Waals surface area contributed by atoms with E-state index in [2.05, 4.69) is 36.5 Å². The van der Waals surface area contributed by atoms with Crippen molar-refractivity contribution in [3.63, 3.8) is 0 Å². The van der Waals surface area contributed by atoms with Crippen molar-refractivity contribution < 1.29 is 9.53 Å². The minimum Gasteiger partial charge on any atom is -0.494 e. The zero-order chi connectivity index (χ0) is 18.4. The lowest BCUT2D eigenvalue weighted by molar-refractivity contribution is 0.0937. The number of ether oxygens (including phenoxy) is 1. The van der Waals surface area contributed by atoms with E-state index in [1.807, 2.05) is 25.1 Å². The molecule has 1 saturated carbocycles. The maximum atomic E-state index is 12.6. The molecule has 138 valence electrons. The quantitative estimate of drug-likeness (QED) is 0.668. The summed E-state index contributed by atoms with van der Waals surface area (Å²) in [6.45, 7) is 4.70. The third-order valence-electron chi connectivity index (χ3n) is 4.73. The van der Waals surface area contributed by atoms with E-state index in [4.69, 9.17) is 4.74 Å². The third-order valence-corrected chi connectivity index (χ3v) is 5.79. The van der Waals surface area contributed by atoms with E-state index in [-0.39, 0.29) is 5.91 Å². The molecule has 1 amide bonds. The number of amides is 1. The Morgan fingerprint density at radius 1 is 1.15 bits per heavy atom. The van der Waals surface area contributed by atoms with Gasteiger partial charge in [0.05, 0.1) is 6.61 Å². The summed E-state index contributed by atoms with van der Waals surface area (Å²) in [6, 6.07) is 14.6. The second kappa shape index (κ2) is 9.13. The summed E-state index contributed by atoms with van der Waals surface area (Å²) in [5, 5.41) is 3.17. The molecule has 3 rings (SSSR count). The van der Waals surface area contributed by atoms with E-state index >= 15 is 0 Å². The van der Waals surface area contributed by atoms with E-state index < -0.39 is 0 Å². The Kier molecular flexibility index (Phi) is 6.62. The highest BCUT2D eigenvalue weighted by Crippen LogP contribution is 2.29. The molecule has 0 aromatic heterocycles. The molecule has 1 fully saturated rings. The van der Waals surface area contributed by atoms with Gasteiger partial charge in [-0.3, -0.25) is 4.79 Å². The standard InChI is InChI=1S/C22H27NO2S/c1-3-25-21-13-10-17(22(24)23-19-6-4-5-7-19)14-18(21)15-26-20-11-8-16(2)9-12-20/h8-14,19H,3-7,15H2,1-2H3,(H,23,24). The molecule has 0 unspecified atom stereocenters. The average molecular weight is 370 g/mol. The van der Waals surface area contributed by atoms with Gasteiger partial charge in [0.25, 0.3) is 5.91 Å². The number of aryl methyl sites for hydroxylation is 1. The summed E-state index contributed by atoms with van der Waals surface area (Å²) in [6.07, 6.45) is 4.62. The van der Waals surface area contributed by atoms with Crippen LogP contribution in [0.3, 0.4) is 0 Å². The average Bonchev–Trinajstić information content (AvgIpc) is 3.15. The van der Waals surface area contributed by atoms with Crippen molar-refractivity contribution in [2.75, 3.05) is 6.61 Å². The largest absolute Gasteiger partial charge is 0.494 e. The van der Waals surface area contributed by atoms with Crippen LogP contribution < -0.4 is 10.1 Å². The summed E-state index contributed by atoms with van der Waals surface area (Å²) in [5.41, 5.74) is 3.05. The Bertz CT molecular complexity index is 736. The number of thioether (sulfide) groups is 1. The molecule has 0 atom stereocenters. The first-order valence-corrected chi connectivity index (χ1v) is 10.4. The minimum absolute atomic E-state index is 0.0292. The lowest BCUT2D eigenvalue weighted by Crippen LogP contribution is -2.32. The van der Waals surface area contributed by atoms with E-state index in [0.29, 0.717) is 12.6 Å². The van der Waals surface area contributed by atoms with Gasteiger partial charge in [0.1, 0.15) is 5.75 Å². The maximum absolute atomic E-state index is 12.6. The SMILES string of the molecule is CCOc1ccc(C(=O)NC2CCCC2)cc1CSc1ccc(C)cc1. The molecule has 4 heteroatoms. The van der Waals surface area contributed by atoms with Crippen molar-refractivity contribution in [2.24, 2.45) is 0 Å². The predicted octanol–water partition coefficient (Wildman–Crippen LogP) is 5.36. The molecule has 0 saturated heterocycles. The van der Waals surface area contributed by atoms with E-state index in [1.54, 1.807) is 11.8 Å². The van der Waals surface area contributed by atoms with Crippen LogP contribution in [0.5, 0.6) is 5.75 Å². The fourth-order valence-electron chi connectivity index (χ4n) is 3.26. The van der Waals surface area contributed by atoms with Gasteiger partial charge in [-0.1, -0.05) is 30.5 Å². The van der Waals surface area contributed by atoms with Crippen molar-refractivity contribution in [3.05, 3.63) is 59.2 Å². The number of carbonyl (C=O) groups is 1. The molecule has 0 radical (unpaired) electrons. The zero-order valence-electron chi connectivity index (χ0n) is 15.6. The third kappa shape index (κ3) is 5.04. The Labute approximate surface area is 160 Å². The summed E-state index contributed by atoms with van der Waals surface area (Å²) < 4.78 is 5.77. The highest BCUT2D eigenvalue weighted by atomic mass is 32.2. The number of nitrogens with one attached hydrogen (secondary N) is 1. The van der Waals surface area contributed by atoms with Crippen LogP contribution in [0.15, 0.2) is 47.4 Å². The van der Waals surface area contributed by atoms with Gasteiger partial charge in [-0.05, 0) is 57.0 Å². The Morgan fingerprint density at radius 3 is 2.58 bits per heavy atom. The van der Waals surface area contributed by atoms with E-state index in [1.165, 1.54) is 23.3 Å². The summed E-state index contributed by atoms with van der Waals surface area (Å²) in [5.74, 6) is 1.68. The van der Waals surface area contributed by atoms with Crippen LogP contribution >= 0.6 is 11.8 Å². The van der Waals surface area contributed by atoms with Crippen LogP contribution in [-0.4, -0.2) is 18.6 Å². The normalized spacial score (nSPS) is 14.4. The van der Waals surface area contributed by atoms with Gasteiger partial charge >= 0.3 is 0 Å². The van der Waals surface area contributed by atoms with Crippen molar-refractivity contribution in [2.45, 2.75) is 56.2 Å². The Balaban J connectivity index is 1.72. The summed E-state index contributed by atoms with van der Waals surface area (Å²) in [7, 11) is 0. The van der Waals surface area contributed by atoms with Crippen molar-refractivity contribution in [1.29, 1.82) is 0 Å². The first-order valence-electron chi connectivity index (χ1n) is 9.41. The zero-order valence-corrected chi connectivity index (χ0v) is 16.4. The fourth-order valence-corrected chi connectivity index (χ4v) is 4.14. The van der Waals surface area contributed by atoms with Crippen LogP contribution in [0.1, 0.15) is 54.1 Å². The second-order valence-corrected chi connectivity index (χ2v) is 7.86. The topological polar surface area (TPSA) is 38.3 Å². The van der Waals surface area contributed by atoms with Crippen molar-refractivity contribution in [3.8, 4) is 5.75 Å². The lowest BCUT2D eigenvalue weighted by atomic mass is 10.1.